The van der Waals surface area contributed by atoms with Crippen LogP contribution in [0.25, 0.3) is 0 Å². The summed E-state index contributed by atoms with van der Waals surface area (Å²) in [4.78, 5) is 6.06. The minimum atomic E-state index is -0.384. The van der Waals surface area contributed by atoms with Crippen molar-refractivity contribution in [1.82, 2.24) is 4.98 Å². The summed E-state index contributed by atoms with van der Waals surface area (Å²) >= 11 is 5.73. The van der Waals surface area contributed by atoms with E-state index in [9.17, 15) is 4.39 Å². The second-order valence-corrected chi connectivity index (χ2v) is 4.55. The number of hydrogen-bond donors (Lipinski definition) is 0. The monoisotopic (exact) mass is 274 g/mol. The molecule has 1 heterocycles. The molecule has 0 N–H and O–H groups in total. The lowest BCUT2D eigenvalue weighted by molar-refractivity contribution is 0.202. The highest BCUT2D eigenvalue weighted by atomic mass is 35.5. The number of methoxy groups -OCH3 is 1. The van der Waals surface area contributed by atoms with Crippen LogP contribution in [0.3, 0.4) is 0 Å². The molecule has 0 radical (unpaired) electrons. The van der Waals surface area contributed by atoms with Gasteiger partial charge >= 0.3 is 0 Å². The van der Waals surface area contributed by atoms with Crippen molar-refractivity contribution in [2.24, 2.45) is 0 Å². The molecule has 0 aliphatic rings. The van der Waals surface area contributed by atoms with E-state index in [4.69, 9.17) is 16.3 Å². The Hall–Kier alpha value is -0.870. The van der Waals surface area contributed by atoms with Crippen LogP contribution in [-0.2, 0) is 4.74 Å². The van der Waals surface area contributed by atoms with E-state index in [0.717, 1.165) is 12.8 Å². The summed E-state index contributed by atoms with van der Waals surface area (Å²) in [7, 11) is 1.64. The van der Waals surface area contributed by atoms with Crippen molar-refractivity contribution >= 4 is 17.4 Å². The zero-order chi connectivity index (χ0) is 13.5. The van der Waals surface area contributed by atoms with Crippen molar-refractivity contribution in [3.05, 3.63) is 23.1 Å². The van der Waals surface area contributed by atoms with Crippen LogP contribution in [0.2, 0.25) is 5.02 Å². The van der Waals surface area contributed by atoms with Gasteiger partial charge in [0.1, 0.15) is 0 Å². The number of halogens is 2. The molecule has 0 saturated heterocycles. The first kappa shape index (κ1) is 15.2. The predicted molar refractivity (Wildman–Crippen MR) is 72.8 cm³/mol. The number of pyridine rings is 1. The molecule has 0 bridgehead atoms. The normalized spacial score (nSPS) is 11.0. The molecule has 0 aliphatic heterocycles. The lowest BCUT2D eigenvalue weighted by Gasteiger charge is -2.31. The average Bonchev–Trinajstić information content (AvgIpc) is 2.35. The Kier molecular flexibility index (Phi) is 6.36. The first-order chi connectivity index (χ1) is 8.63. The molecule has 5 heteroatoms. The van der Waals surface area contributed by atoms with Crippen LogP contribution in [0.15, 0.2) is 12.3 Å². The SMILES string of the molecule is CCC(CC)N(CCOC)c1ncc(Cl)cc1F. The molecule has 0 fully saturated rings. The van der Waals surface area contributed by atoms with E-state index in [1.165, 1.54) is 12.3 Å². The fourth-order valence-electron chi connectivity index (χ4n) is 2.00. The standard InChI is InChI=1S/C13H20ClFN2O/c1-4-11(5-2)17(6-7-18-3)13-12(15)8-10(14)9-16-13/h8-9,11H,4-7H2,1-3H3. The van der Waals surface area contributed by atoms with Crippen molar-refractivity contribution < 1.29 is 9.13 Å². The first-order valence-electron chi connectivity index (χ1n) is 6.20. The minimum absolute atomic E-state index is 0.253. The Morgan fingerprint density at radius 1 is 1.44 bits per heavy atom. The molecule has 0 atom stereocenters. The maximum Gasteiger partial charge on any atom is 0.167 e. The van der Waals surface area contributed by atoms with Gasteiger partial charge in [-0.3, -0.25) is 0 Å². The van der Waals surface area contributed by atoms with Crippen LogP contribution in [0.4, 0.5) is 10.2 Å². The number of anilines is 1. The molecule has 1 aromatic heterocycles. The van der Waals surface area contributed by atoms with Gasteiger partial charge in [-0.1, -0.05) is 25.4 Å². The Labute approximate surface area is 113 Å². The molecule has 18 heavy (non-hydrogen) atoms. The molecular weight excluding hydrogens is 255 g/mol. The second kappa shape index (κ2) is 7.54. The van der Waals surface area contributed by atoms with Crippen LogP contribution in [0, 0.1) is 5.82 Å². The van der Waals surface area contributed by atoms with E-state index < -0.39 is 0 Å². The van der Waals surface area contributed by atoms with Gasteiger partial charge in [-0.2, -0.15) is 0 Å². The molecule has 102 valence electrons. The van der Waals surface area contributed by atoms with Gasteiger partial charge in [-0.25, -0.2) is 9.37 Å². The lowest BCUT2D eigenvalue weighted by Crippen LogP contribution is -2.38. The number of rotatable bonds is 7. The smallest absolute Gasteiger partial charge is 0.167 e. The number of nitrogens with zero attached hydrogens (tertiary/aromatic N) is 2. The average molecular weight is 275 g/mol. The summed E-state index contributed by atoms with van der Waals surface area (Å²) in [6.45, 7) is 5.33. The van der Waals surface area contributed by atoms with Gasteiger partial charge in [-0.05, 0) is 18.9 Å². The third-order valence-corrected chi connectivity index (χ3v) is 3.19. The van der Waals surface area contributed by atoms with E-state index >= 15 is 0 Å². The van der Waals surface area contributed by atoms with Gasteiger partial charge < -0.3 is 9.64 Å². The minimum Gasteiger partial charge on any atom is -0.383 e. The van der Waals surface area contributed by atoms with E-state index in [2.05, 4.69) is 18.8 Å². The lowest BCUT2D eigenvalue weighted by atomic mass is 10.1. The highest BCUT2D eigenvalue weighted by molar-refractivity contribution is 6.30. The Bertz CT molecular complexity index is 372. The van der Waals surface area contributed by atoms with Gasteiger partial charge in [0.15, 0.2) is 11.6 Å². The molecule has 0 aromatic carbocycles. The van der Waals surface area contributed by atoms with Crippen LogP contribution in [0.1, 0.15) is 26.7 Å². The van der Waals surface area contributed by atoms with Gasteiger partial charge in [-0.15, -0.1) is 0 Å². The second-order valence-electron chi connectivity index (χ2n) is 4.12. The van der Waals surface area contributed by atoms with E-state index in [1.807, 2.05) is 4.90 Å². The van der Waals surface area contributed by atoms with Crippen LogP contribution < -0.4 is 4.90 Å². The molecule has 3 nitrogen and oxygen atoms in total. The van der Waals surface area contributed by atoms with Crippen molar-refractivity contribution in [3.63, 3.8) is 0 Å². The molecular formula is C13H20ClFN2O. The summed E-state index contributed by atoms with van der Waals surface area (Å²) in [5, 5.41) is 0.312. The number of hydrogen-bond acceptors (Lipinski definition) is 3. The summed E-state index contributed by atoms with van der Waals surface area (Å²) in [6.07, 6.45) is 3.34. The highest BCUT2D eigenvalue weighted by Gasteiger charge is 2.20. The third kappa shape index (κ3) is 3.82. The van der Waals surface area contributed by atoms with Crippen molar-refractivity contribution in [2.45, 2.75) is 32.7 Å². The Balaban J connectivity index is 3.00. The zero-order valence-electron chi connectivity index (χ0n) is 11.1. The van der Waals surface area contributed by atoms with E-state index in [-0.39, 0.29) is 11.9 Å². The summed E-state index contributed by atoms with van der Waals surface area (Å²) in [5.41, 5.74) is 0. The number of aromatic nitrogens is 1. The quantitative estimate of drug-likeness (QED) is 0.761. The maximum absolute atomic E-state index is 13.9. The molecule has 0 aliphatic carbocycles. The van der Waals surface area contributed by atoms with Crippen molar-refractivity contribution in [2.75, 3.05) is 25.2 Å². The summed E-state index contributed by atoms with van der Waals surface area (Å²) in [5.74, 6) is -0.0318. The molecule has 0 amide bonds. The highest BCUT2D eigenvalue weighted by Crippen LogP contribution is 2.23. The first-order valence-corrected chi connectivity index (χ1v) is 6.58. The molecule has 0 spiro atoms. The Morgan fingerprint density at radius 3 is 2.61 bits per heavy atom. The van der Waals surface area contributed by atoms with E-state index in [1.54, 1.807) is 7.11 Å². The van der Waals surface area contributed by atoms with Gasteiger partial charge in [0.05, 0.1) is 11.6 Å². The molecule has 1 rings (SSSR count). The molecule has 1 aromatic rings. The van der Waals surface area contributed by atoms with E-state index in [0.29, 0.717) is 24.0 Å². The molecule has 0 saturated carbocycles. The number of ether oxygens (including phenoxy) is 1. The van der Waals surface area contributed by atoms with Crippen molar-refractivity contribution in [3.8, 4) is 0 Å². The summed E-state index contributed by atoms with van der Waals surface area (Å²) < 4.78 is 19.0. The van der Waals surface area contributed by atoms with Crippen molar-refractivity contribution in [1.29, 1.82) is 0 Å². The van der Waals surface area contributed by atoms with Gasteiger partial charge in [0.25, 0.3) is 0 Å². The van der Waals surface area contributed by atoms with Gasteiger partial charge in [0, 0.05) is 25.9 Å². The predicted octanol–water partition coefficient (Wildman–Crippen LogP) is 3.52. The Morgan fingerprint density at radius 2 is 2.11 bits per heavy atom. The largest absolute Gasteiger partial charge is 0.383 e. The van der Waals surface area contributed by atoms with Gasteiger partial charge in [0.2, 0.25) is 0 Å². The topological polar surface area (TPSA) is 25.4 Å². The molecule has 0 unspecified atom stereocenters. The maximum atomic E-state index is 13.9. The van der Waals surface area contributed by atoms with Crippen LogP contribution in [-0.4, -0.2) is 31.3 Å². The third-order valence-electron chi connectivity index (χ3n) is 2.98. The van der Waals surface area contributed by atoms with Crippen LogP contribution in [0.5, 0.6) is 0 Å². The fraction of sp³-hybridized carbons (Fsp3) is 0.615. The van der Waals surface area contributed by atoms with Crippen LogP contribution >= 0.6 is 11.6 Å². The fourth-order valence-corrected chi connectivity index (χ4v) is 2.14. The summed E-state index contributed by atoms with van der Waals surface area (Å²) in [6, 6.07) is 1.55. The zero-order valence-corrected chi connectivity index (χ0v) is 11.9.